The maximum absolute atomic E-state index is 11.3. The lowest BCUT2D eigenvalue weighted by Gasteiger charge is -2.02. The van der Waals surface area contributed by atoms with E-state index in [1.807, 2.05) is 31.2 Å². The molecule has 0 bridgehead atoms. The van der Waals surface area contributed by atoms with Crippen LogP contribution in [0.4, 0.5) is 0 Å². The molecule has 0 atom stereocenters. The monoisotopic (exact) mass is 294 g/mol. The zero-order valence-corrected chi connectivity index (χ0v) is 12.3. The average Bonchev–Trinajstić information content (AvgIpc) is 2.47. The van der Waals surface area contributed by atoms with Crippen molar-refractivity contribution >= 4 is 23.7 Å². The van der Waals surface area contributed by atoms with Crippen molar-refractivity contribution in [2.75, 3.05) is 6.61 Å². The number of nitrogens with one attached hydrogen (secondary N) is 1. The molecule has 0 saturated carbocycles. The summed E-state index contributed by atoms with van der Waals surface area (Å²) >= 11 is 5.39. The number of unbranched alkanes of at least 4 members (excludes halogenated alkanes) is 1. The average molecular weight is 295 g/mol. The molecule has 0 aliphatic carbocycles. The Morgan fingerprint density at radius 1 is 1.40 bits per heavy atom. The molecule has 0 heterocycles. The Hall–Kier alpha value is -1.81. The molecule has 1 amide bonds. The number of amides is 1. The van der Waals surface area contributed by atoms with Crippen LogP contribution in [-0.2, 0) is 4.79 Å². The van der Waals surface area contributed by atoms with E-state index in [0.717, 1.165) is 24.2 Å². The number of halogens is 1. The highest BCUT2D eigenvalue weighted by Crippen LogP contribution is 2.11. The quantitative estimate of drug-likeness (QED) is 0.589. The van der Waals surface area contributed by atoms with Crippen molar-refractivity contribution < 1.29 is 9.53 Å². The predicted molar refractivity (Wildman–Crippen MR) is 82.2 cm³/mol. The van der Waals surface area contributed by atoms with Crippen LogP contribution in [0.1, 0.15) is 31.7 Å². The number of carbonyl (C=O) groups is 1. The van der Waals surface area contributed by atoms with E-state index in [1.54, 1.807) is 12.3 Å². The van der Waals surface area contributed by atoms with Crippen LogP contribution in [0.2, 0.25) is 0 Å². The molecule has 1 aromatic rings. The number of benzene rings is 1. The van der Waals surface area contributed by atoms with Crippen LogP contribution in [0.3, 0.4) is 0 Å². The van der Waals surface area contributed by atoms with Gasteiger partial charge >= 0.3 is 0 Å². The third kappa shape index (κ3) is 6.95. The SMILES string of the molecule is CCCCC(=O)N/N=C\c1ccc(OC/C=C/Cl)cc1. The van der Waals surface area contributed by atoms with Crippen LogP contribution in [0.15, 0.2) is 41.0 Å². The molecule has 1 aromatic carbocycles. The molecule has 5 heteroatoms. The van der Waals surface area contributed by atoms with Gasteiger partial charge in [0, 0.05) is 12.0 Å². The van der Waals surface area contributed by atoms with Gasteiger partial charge in [-0.1, -0.05) is 24.9 Å². The highest BCUT2D eigenvalue weighted by molar-refractivity contribution is 6.25. The number of hydrogen-bond donors (Lipinski definition) is 1. The van der Waals surface area contributed by atoms with Crippen LogP contribution in [-0.4, -0.2) is 18.7 Å². The van der Waals surface area contributed by atoms with Crippen molar-refractivity contribution in [3.8, 4) is 5.75 Å². The topological polar surface area (TPSA) is 50.7 Å². The minimum absolute atomic E-state index is 0.0593. The molecule has 0 fully saturated rings. The van der Waals surface area contributed by atoms with E-state index in [0.29, 0.717) is 13.0 Å². The zero-order chi connectivity index (χ0) is 14.6. The molecule has 0 spiro atoms. The van der Waals surface area contributed by atoms with E-state index < -0.39 is 0 Å². The molecule has 1 N–H and O–H groups in total. The third-order valence-corrected chi connectivity index (χ3v) is 2.65. The fourth-order valence-corrected chi connectivity index (χ4v) is 1.48. The molecule has 0 saturated heterocycles. The van der Waals surface area contributed by atoms with Gasteiger partial charge in [-0.05, 0) is 42.3 Å². The van der Waals surface area contributed by atoms with Gasteiger partial charge in [-0.15, -0.1) is 0 Å². The standard InChI is InChI=1S/C15H19ClN2O2/c1-2-3-5-15(19)18-17-12-13-6-8-14(9-7-13)20-11-4-10-16/h4,6-10,12H,2-3,5,11H2,1H3,(H,18,19)/b10-4+,17-12-. The number of ether oxygens (including phenoxy) is 1. The van der Waals surface area contributed by atoms with Gasteiger partial charge in [0.15, 0.2) is 0 Å². The molecule has 0 unspecified atom stereocenters. The maximum atomic E-state index is 11.3. The van der Waals surface area contributed by atoms with E-state index in [-0.39, 0.29) is 5.91 Å². The van der Waals surface area contributed by atoms with Crippen LogP contribution in [0.5, 0.6) is 5.75 Å². The second-order valence-corrected chi connectivity index (χ2v) is 4.39. The number of rotatable bonds is 8. The summed E-state index contributed by atoms with van der Waals surface area (Å²) in [6, 6.07) is 7.40. The van der Waals surface area contributed by atoms with Gasteiger partial charge in [0.2, 0.25) is 5.91 Å². The molecule has 0 radical (unpaired) electrons. The maximum Gasteiger partial charge on any atom is 0.240 e. The summed E-state index contributed by atoms with van der Waals surface area (Å²) in [4.78, 5) is 11.3. The predicted octanol–water partition coefficient (Wildman–Crippen LogP) is 3.46. The van der Waals surface area contributed by atoms with E-state index in [1.165, 1.54) is 5.54 Å². The normalized spacial score (nSPS) is 11.1. The molecule has 108 valence electrons. The van der Waals surface area contributed by atoms with Crippen LogP contribution < -0.4 is 10.2 Å². The van der Waals surface area contributed by atoms with E-state index >= 15 is 0 Å². The zero-order valence-electron chi connectivity index (χ0n) is 11.5. The van der Waals surface area contributed by atoms with Gasteiger partial charge in [0.25, 0.3) is 0 Å². The molecule has 4 nitrogen and oxygen atoms in total. The van der Waals surface area contributed by atoms with E-state index in [2.05, 4.69) is 10.5 Å². The third-order valence-electron chi connectivity index (χ3n) is 2.48. The Kier molecular flexibility index (Phi) is 8.15. The summed E-state index contributed by atoms with van der Waals surface area (Å²) in [5, 5.41) is 3.91. The van der Waals surface area contributed by atoms with E-state index in [9.17, 15) is 4.79 Å². The van der Waals surface area contributed by atoms with Gasteiger partial charge in [-0.25, -0.2) is 5.43 Å². The first-order valence-electron chi connectivity index (χ1n) is 6.56. The van der Waals surface area contributed by atoms with Crippen LogP contribution in [0.25, 0.3) is 0 Å². The number of hydrogen-bond acceptors (Lipinski definition) is 3. The number of nitrogens with zero attached hydrogens (tertiary/aromatic N) is 1. The van der Waals surface area contributed by atoms with Crippen molar-refractivity contribution in [1.82, 2.24) is 5.43 Å². The Labute approximate surface area is 124 Å². The number of carbonyl (C=O) groups excluding carboxylic acids is 1. The Morgan fingerprint density at radius 2 is 2.15 bits per heavy atom. The summed E-state index contributed by atoms with van der Waals surface area (Å²) in [6.07, 6.45) is 5.70. The first-order chi connectivity index (χ1) is 9.76. The molecule has 0 aromatic heterocycles. The fourth-order valence-electron chi connectivity index (χ4n) is 1.40. The van der Waals surface area contributed by atoms with Crippen molar-refractivity contribution in [3.05, 3.63) is 41.4 Å². The lowest BCUT2D eigenvalue weighted by molar-refractivity contribution is -0.121. The van der Waals surface area contributed by atoms with Gasteiger partial charge in [0.05, 0.1) is 6.21 Å². The molecule has 20 heavy (non-hydrogen) atoms. The lowest BCUT2D eigenvalue weighted by Crippen LogP contribution is -2.16. The molecular formula is C15H19ClN2O2. The van der Waals surface area contributed by atoms with Crippen LogP contribution in [0, 0.1) is 0 Å². The van der Waals surface area contributed by atoms with Gasteiger partial charge in [0.1, 0.15) is 12.4 Å². The smallest absolute Gasteiger partial charge is 0.240 e. The Morgan fingerprint density at radius 3 is 2.80 bits per heavy atom. The summed E-state index contributed by atoms with van der Waals surface area (Å²) < 4.78 is 5.40. The highest BCUT2D eigenvalue weighted by atomic mass is 35.5. The first-order valence-corrected chi connectivity index (χ1v) is 7.00. The summed E-state index contributed by atoms with van der Waals surface area (Å²) in [6.45, 7) is 2.48. The summed E-state index contributed by atoms with van der Waals surface area (Å²) in [5.74, 6) is 0.694. The minimum atomic E-state index is -0.0593. The number of hydrazone groups is 1. The molecular weight excluding hydrogens is 276 g/mol. The van der Waals surface area contributed by atoms with Gasteiger partial charge in [-0.2, -0.15) is 5.10 Å². The molecule has 0 aliphatic rings. The first kappa shape index (κ1) is 16.2. The van der Waals surface area contributed by atoms with Crippen LogP contribution >= 0.6 is 11.6 Å². The molecule has 0 aliphatic heterocycles. The Bertz CT molecular complexity index is 455. The summed E-state index contributed by atoms with van der Waals surface area (Å²) in [7, 11) is 0. The van der Waals surface area contributed by atoms with Crippen molar-refractivity contribution in [3.63, 3.8) is 0 Å². The van der Waals surface area contributed by atoms with Crippen molar-refractivity contribution in [1.29, 1.82) is 0 Å². The van der Waals surface area contributed by atoms with E-state index in [4.69, 9.17) is 16.3 Å². The fraction of sp³-hybridized carbons (Fsp3) is 0.333. The molecule has 1 rings (SSSR count). The second kappa shape index (κ2) is 10.0. The minimum Gasteiger partial charge on any atom is -0.490 e. The van der Waals surface area contributed by atoms with Gasteiger partial charge < -0.3 is 4.74 Å². The van der Waals surface area contributed by atoms with Crippen molar-refractivity contribution in [2.24, 2.45) is 5.10 Å². The largest absolute Gasteiger partial charge is 0.490 e. The van der Waals surface area contributed by atoms with Gasteiger partial charge in [-0.3, -0.25) is 4.79 Å². The Balaban J connectivity index is 2.38. The summed E-state index contributed by atoms with van der Waals surface area (Å²) in [5.41, 5.74) is 4.81. The lowest BCUT2D eigenvalue weighted by atomic mass is 10.2. The second-order valence-electron chi connectivity index (χ2n) is 4.14. The van der Waals surface area contributed by atoms with Crippen molar-refractivity contribution in [2.45, 2.75) is 26.2 Å². The highest BCUT2D eigenvalue weighted by Gasteiger charge is 1.97.